The normalized spacial score (nSPS) is 18.7. The molecule has 0 unspecified atom stereocenters. The molecule has 134 valence electrons. The van der Waals surface area contributed by atoms with Crippen LogP contribution in [0.3, 0.4) is 0 Å². The molecule has 2 heterocycles. The average Bonchev–Trinajstić information content (AvgIpc) is 3.07. The molecule has 0 saturated carbocycles. The van der Waals surface area contributed by atoms with Gasteiger partial charge in [0.25, 0.3) is 5.91 Å². The molecular formula is C19H18N2O4S. The van der Waals surface area contributed by atoms with Crippen LogP contribution in [0.15, 0.2) is 30.3 Å². The molecule has 1 aliphatic heterocycles. The zero-order valence-corrected chi connectivity index (χ0v) is 14.8. The van der Waals surface area contributed by atoms with Gasteiger partial charge in [0.15, 0.2) is 0 Å². The minimum absolute atomic E-state index is 0.261. The monoisotopic (exact) mass is 370 g/mol. The number of carboxylic acids is 1. The van der Waals surface area contributed by atoms with Gasteiger partial charge in [-0.1, -0.05) is 24.3 Å². The third-order valence-electron chi connectivity index (χ3n) is 4.91. The number of amides is 2. The fourth-order valence-electron chi connectivity index (χ4n) is 3.64. The van der Waals surface area contributed by atoms with E-state index in [-0.39, 0.29) is 12.3 Å². The van der Waals surface area contributed by atoms with Crippen LogP contribution in [0.5, 0.6) is 0 Å². The van der Waals surface area contributed by atoms with Crippen LogP contribution in [0.1, 0.15) is 27.2 Å². The van der Waals surface area contributed by atoms with Gasteiger partial charge in [0, 0.05) is 18.0 Å². The van der Waals surface area contributed by atoms with Crippen LogP contribution >= 0.6 is 11.3 Å². The number of aryl methyl sites for hydroxylation is 2. The molecule has 0 bridgehead atoms. The van der Waals surface area contributed by atoms with Crippen LogP contribution < -0.4 is 5.32 Å². The van der Waals surface area contributed by atoms with Gasteiger partial charge in [-0.3, -0.25) is 14.4 Å². The van der Waals surface area contributed by atoms with E-state index >= 15 is 0 Å². The largest absolute Gasteiger partial charge is 0.481 e. The SMILES string of the molecule is O=C(O)C[C@@H]1C(=O)NCCN1C(=O)c1cc2c(s1)-c1ccccc1CC2. The summed E-state index contributed by atoms with van der Waals surface area (Å²) in [5, 5.41) is 11.7. The molecule has 7 heteroatoms. The van der Waals surface area contributed by atoms with Crippen molar-refractivity contribution in [3.8, 4) is 10.4 Å². The van der Waals surface area contributed by atoms with Crippen molar-refractivity contribution >= 4 is 29.1 Å². The van der Waals surface area contributed by atoms with Gasteiger partial charge in [0.1, 0.15) is 6.04 Å². The maximum Gasteiger partial charge on any atom is 0.305 e. The van der Waals surface area contributed by atoms with Crippen molar-refractivity contribution in [2.75, 3.05) is 13.1 Å². The number of piperazine rings is 1. The van der Waals surface area contributed by atoms with Gasteiger partial charge < -0.3 is 15.3 Å². The molecule has 6 nitrogen and oxygen atoms in total. The van der Waals surface area contributed by atoms with Crippen molar-refractivity contribution in [1.29, 1.82) is 0 Å². The lowest BCUT2D eigenvalue weighted by Gasteiger charge is -2.33. The van der Waals surface area contributed by atoms with E-state index in [2.05, 4.69) is 17.4 Å². The lowest BCUT2D eigenvalue weighted by atomic mass is 9.91. The van der Waals surface area contributed by atoms with Gasteiger partial charge >= 0.3 is 5.97 Å². The predicted octanol–water partition coefficient (Wildman–Crippen LogP) is 1.93. The van der Waals surface area contributed by atoms with Crippen molar-refractivity contribution in [3.05, 3.63) is 46.3 Å². The van der Waals surface area contributed by atoms with Crippen molar-refractivity contribution in [2.24, 2.45) is 0 Å². The summed E-state index contributed by atoms with van der Waals surface area (Å²) in [6.45, 7) is 0.663. The summed E-state index contributed by atoms with van der Waals surface area (Å²) in [4.78, 5) is 39.3. The average molecular weight is 370 g/mol. The number of carbonyl (C=O) groups is 3. The van der Waals surface area contributed by atoms with Crippen molar-refractivity contribution < 1.29 is 19.5 Å². The summed E-state index contributed by atoms with van der Waals surface area (Å²) in [6, 6.07) is 9.14. The number of hydrogen-bond donors (Lipinski definition) is 2. The highest BCUT2D eigenvalue weighted by Gasteiger charge is 2.36. The van der Waals surface area contributed by atoms with Gasteiger partial charge in [-0.2, -0.15) is 0 Å². The molecule has 1 fully saturated rings. The second-order valence-electron chi connectivity index (χ2n) is 6.53. The van der Waals surface area contributed by atoms with Crippen LogP contribution in [0.25, 0.3) is 10.4 Å². The van der Waals surface area contributed by atoms with Gasteiger partial charge in [-0.25, -0.2) is 0 Å². The molecule has 1 saturated heterocycles. The third-order valence-corrected chi connectivity index (χ3v) is 6.10. The Morgan fingerprint density at radius 2 is 2.00 bits per heavy atom. The summed E-state index contributed by atoms with van der Waals surface area (Å²) in [7, 11) is 0. The maximum atomic E-state index is 13.0. The Labute approximate surface area is 154 Å². The van der Waals surface area contributed by atoms with Gasteiger partial charge in [-0.15, -0.1) is 11.3 Å². The standard InChI is InChI=1S/C19H18N2O4S/c22-16(23)10-14-18(24)20-7-8-21(14)19(25)15-9-12-6-5-11-3-1-2-4-13(11)17(12)26-15/h1-4,9,14H,5-8,10H2,(H,20,24)(H,22,23)/t14-/m1/s1. The van der Waals surface area contributed by atoms with E-state index in [0.29, 0.717) is 18.0 Å². The second kappa shape index (κ2) is 6.57. The van der Waals surface area contributed by atoms with E-state index < -0.39 is 17.9 Å². The summed E-state index contributed by atoms with van der Waals surface area (Å²) in [6.07, 6.45) is 1.45. The van der Waals surface area contributed by atoms with Gasteiger partial charge in [0.05, 0.1) is 11.3 Å². The van der Waals surface area contributed by atoms with Crippen LogP contribution in [0.4, 0.5) is 0 Å². The molecule has 2 aromatic rings. The number of thiophene rings is 1. The number of hydrogen-bond acceptors (Lipinski definition) is 4. The third kappa shape index (κ3) is 2.88. The Hall–Kier alpha value is -2.67. The van der Waals surface area contributed by atoms with E-state index in [1.807, 2.05) is 18.2 Å². The molecule has 1 aromatic heterocycles. The Morgan fingerprint density at radius 3 is 2.81 bits per heavy atom. The molecule has 0 radical (unpaired) electrons. The van der Waals surface area contributed by atoms with Gasteiger partial charge in [-0.05, 0) is 35.6 Å². The Morgan fingerprint density at radius 1 is 1.23 bits per heavy atom. The first-order chi connectivity index (χ1) is 12.5. The number of carbonyl (C=O) groups excluding carboxylic acids is 2. The molecule has 2 N–H and O–H groups in total. The zero-order valence-electron chi connectivity index (χ0n) is 14.0. The molecule has 26 heavy (non-hydrogen) atoms. The molecule has 4 rings (SSSR count). The number of aliphatic carboxylic acids is 1. The molecular weight excluding hydrogens is 352 g/mol. The predicted molar refractivity (Wildman–Crippen MR) is 97.3 cm³/mol. The number of carboxylic acid groups (broad SMARTS) is 1. The number of nitrogens with one attached hydrogen (secondary N) is 1. The number of fused-ring (bicyclic) bond motifs is 3. The molecule has 1 aromatic carbocycles. The minimum Gasteiger partial charge on any atom is -0.481 e. The fraction of sp³-hybridized carbons (Fsp3) is 0.316. The zero-order chi connectivity index (χ0) is 18.3. The summed E-state index contributed by atoms with van der Waals surface area (Å²) in [5.74, 6) is -1.76. The molecule has 1 aliphatic carbocycles. The number of rotatable bonds is 3. The first kappa shape index (κ1) is 16.8. The van der Waals surface area contributed by atoms with Crippen LogP contribution in [0, 0.1) is 0 Å². The smallest absolute Gasteiger partial charge is 0.305 e. The molecule has 0 spiro atoms. The molecule has 1 atom stereocenters. The number of nitrogens with zero attached hydrogens (tertiary/aromatic N) is 1. The summed E-state index contributed by atoms with van der Waals surface area (Å²) >= 11 is 1.43. The highest BCUT2D eigenvalue weighted by atomic mass is 32.1. The number of benzene rings is 1. The van der Waals surface area contributed by atoms with E-state index in [4.69, 9.17) is 5.11 Å². The highest BCUT2D eigenvalue weighted by molar-refractivity contribution is 7.17. The van der Waals surface area contributed by atoms with E-state index in [9.17, 15) is 14.4 Å². The lowest BCUT2D eigenvalue weighted by Crippen LogP contribution is -2.57. The van der Waals surface area contributed by atoms with Crippen LogP contribution in [-0.2, 0) is 22.4 Å². The summed E-state index contributed by atoms with van der Waals surface area (Å²) < 4.78 is 0. The maximum absolute atomic E-state index is 13.0. The first-order valence-corrected chi connectivity index (χ1v) is 9.37. The van der Waals surface area contributed by atoms with Gasteiger partial charge in [0.2, 0.25) is 5.91 Å². The van der Waals surface area contributed by atoms with Crippen molar-refractivity contribution in [3.63, 3.8) is 0 Å². The van der Waals surface area contributed by atoms with E-state index in [0.717, 1.165) is 28.8 Å². The van der Waals surface area contributed by atoms with E-state index in [1.54, 1.807) is 0 Å². The van der Waals surface area contributed by atoms with Crippen LogP contribution in [-0.4, -0.2) is 46.9 Å². The molecule has 2 aliphatic rings. The lowest BCUT2D eigenvalue weighted by molar-refractivity contribution is -0.142. The Bertz CT molecular complexity index is 905. The highest BCUT2D eigenvalue weighted by Crippen LogP contribution is 2.40. The quantitative estimate of drug-likeness (QED) is 0.864. The fourth-order valence-corrected chi connectivity index (χ4v) is 4.87. The Kier molecular flexibility index (Phi) is 4.24. The topological polar surface area (TPSA) is 86.7 Å². The van der Waals surface area contributed by atoms with Crippen molar-refractivity contribution in [1.82, 2.24) is 10.2 Å². The Balaban J connectivity index is 1.66. The first-order valence-electron chi connectivity index (χ1n) is 8.56. The minimum atomic E-state index is -1.09. The summed E-state index contributed by atoms with van der Waals surface area (Å²) in [5.41, 5.74) is 3.59. The molecule has 2 amide bonds. The van der Waals surface area contributed by atoms with Crippen molar-refractivity contribution in [2.45, 2.75) is 25.3 Å². The van der Waals surface area contributed by atoms with Crippen LogP contribution in [0.2, 0.25) is 0 Å². The van der Waals surface area contributed by atoms with E-state index in [1.165, 1.54) is 21.8 Å². The second-order valence-corrected chi connectivity index (χ2v) is 7.58.